The van der Waals surface area contributed by atoms with Crippen molar-refractivity contribution in [3.63, 3.8) is 0 Å². The first kappa shape index (κ1) is 20.2. The van der Waals surface area contributed by atoms with Crippen LogP contribution in [0.1, 0.15) is 12.8 Å². The fraction of sp³-hybridized carbons (Fsp3) is 0.333. The second kappa shape index (κ2) is 7.95. The van der Waals surface area contributed by atoms with Crippen molar-refractivity contribution in [1.82, 2.24) is 24.3 Å². The average molecular weight is 434 g/mol. The highest BCUT2D eigenvalue weighted by atomic mass is 32.2. The molecule has 2 aromatic heterocycles. The lowest BCUT2D eigenvalue weighted by molar-refractivity contribution is -0.121. The molecule has 1 N–H and O–H groups in total. The number of hydrogen-bond donors (Lipinski definition) is 1. The van der Waals surface area contributed by atoms with Gasteiger partial charge in [-0.15, -0.1) is 5.10 Å². The highest BCUT2D eigenvalue weighted by Gasteiger charge is 2.32. The van der Waals surface area contributed by atoms with E-state index in [1.807, 2.05) is 0 Å². The Morgan fingerprint density at radius 1 is 1.17 bits per heavy atom. The molecule has 1 aliphatic rings. The summed E-state index contributed by atoms with van der Waals surface area (Å²) in [4.78, 5) is 12.6. The first-order valence-corrected chi connectivity index (χ1v) is 10.7. The van der Waals surface area contributed by atoms with E-state index in [1.165, 1.54) is 16.4 Å². The Bertz CT molecular complexity index is 1150. The van der Waals surface area contributed by atoms with Crippen molar-refractivity contribution in [2.75, 3.05) is 18.4 Å². The lowest BCUT2D eigenvalue weighted by atomic mass is 9.97. The number of benzene rings is 1. The Kier molecular flexibility index (Phi) is 5.35. The van der Waals surface area contributed by atoms with E-state index >= 15 is 0 Å². The van der Waals surface area contributed by atoms with Gasteiger partial charge in [-0.05, 0) is 43.2 Å². The number of hydrogen-bond acceptors (Lipinski definition) is 7. The standard InChI is InChI=1S/C18H19FN6O4S/c1-24-15(6-9-20-24)17-22-23-18(29-17)21-16(26)12-7-10-25(11-8-12)30(27,28)14-4-2-13(19)3-5-14/h2-6,9,12H,7-8,10-11H2,1H3,(H,21,23,26). The molecular formula is C18H19FN6O4S. The first-order valence-electron chi connectivity index (χ1n) is 9.23. The van der Waals surface area contributed by atoms with E-state index in [0.29, 0.717) is 18.5 Å². The number of nitrogens with zero attached hydrogens (tertiary/aromatic N) is 5. The fourth-order valence-electron chi connectivity index (χ4n) is 3.28. The van der Waals surface area contributed by atoms with Crippen LogP contribution in [0.3, 0.4) is 0 Å². The highest BCUT2D eigenvalue weighted by molar-refractivity contribution is 7.89. The molecule has 3 aromatic rings. The zero-order valence-electron chi connectivity index (χ0n) is 16.0. The third-order valence-electron chi connectivity index (χ3n) is 4.97. The van der Waals surface area contributed by atoms with Crippen LogP contribution >= 0.6 is 0 Å². The van der Waals surface area contributed by atoms with Crippen LogP contribution in [0, 0.1) is 11.7 Å². The second-order valence-electron chi connectivity index (χ2n) is 6.87. The van der Waals surface area contributed by atoms with Gasteiger partial charge in [0, 0.05) is 32.3 Å². The molecule has 0 saturated carbocycles. The van der Waals surface area contributed by atoms with Gasteiger partial charge in [0.15, 0.2) is 0 Å². The highest BCUT2D eigenvalue weighted by Crippen LogP contribution is 2.25. The van der Waals surface area contributed by atoms with E-state index in [2.05, 4.69) is 20.6 Å². The Hall–Kier alpha value is -3.12. The summed E-state index contributed by atoms with van der Waals surface area (Å²) in [6.45, 7) is 0.365. The van der Waals surface area contributed by atoms with Gasteiger partial charge in [0.1, 0.15) is 11.5 Å². The normalized spacial score (nSPS) is 15.9. The van der Waals surface area contributed by atoms with Crippen LogP contribution in [0.5, 0.6) is 0 Å². The van der Waals surface area contributed by atoms with Crippen LogP contribution in [0.4, 0.5) is 10.4 Å². The molecule has 0 unspecified atom stereocenters. The number of anilines is 1. The SMILES string of the molecule is Cn1nccc1-c1nnc(NC(=O)C2CCN(S(=O)(=O)c3ccc(F)cc3)CC2)o1. The van der Waals surface area contributed by atoms with Crippen molar-refractivity contribution in [2.24, 2.45) is 13.0 Å². The van der Waals surface area contributed by atoms with Crippen LogP contribution in [-0.2, 0) is 21.9 Å². The van der Waals surface area contributed by atoms with Crippen LogP contribution in [0.2, 0.25) is 0 Å². The molecule has 0 bridgehead atoms. The maximum atomic E-state index is 13.1. The van der Waals surface area contributed by atoms with Gasteiger partial charge >= 0.3 is 6.01 Å². The number of amides is 1. The molecule has 0 spiro atoms. The van der Waals surface area contributed by atoms with E-state index in [1.54, 1.807) is 24.0 Å². The van der Waals surface area contributed by atoms with Gasteiger partial charge in [-0.25, -0.2) is 12.8 Å². The van der Waals surface area contributed by atoms with Gasteiger partial charge in [-0.3, -0.25) is 14.8 Å². The number of carbonyl (C=O) groups excluding carboxylic acids is 1. The summed E-state index contributed by atoms with van der Waals surface area (Å²) in [7, 11) is -2.00. The van der Waals surface area contributed by atoms with Crippen LogP contribution in [0.25, 0.3) is 11.6 Å². The van der Waals surface area contributed by atoms with Crippen LogP contribution in [-0.4, -0.2) is 51.7 Å². The van der Waals surface area contributed by atoms with Gasteiger partial charge in [0.2, 0.25) is 15.9 Å². The van der Waals surface area contributed by atoms with Crippen molar-refractivity contribution >= 4 is 21.9 Å². The van der Waals surface area contributed by atoms with Crippen molar-refractivity contribution in [3.8, 4) is 11.6 Å². The largest absolute Gasteiger partial charge is 0.401 e. The van der Waals surface area contributed by atoms with Crippen molar-refractivity contribution in [2.45, 2.75) is 17.7 Å². The summed E-state index contributed by atoms with van der Waals surface area (Å²) in [6.07, 6.45) is 2.27. The van der Waals surface area contributed by atoms with Gasteiger partial charge in [-0.1, -0.05) is 5.10 Å². The van der Waals surface area contributed by atoms with Crippen molar-refractivity contribution in [1.29, 1.82) is 0 Å². The second-order valence-corrected chi connectivity index (χ2v) is 8.81. The molecule has 1 amide bonds. The van der Waals surface area contributed by atoms with Crippen LogP contribution < -0.4 is 5.32 Å². The number of carbonyl (C=O) groups is 1. The number of halogens is 1. The molecule has 3 heterocycles. The molecule has 1 aromatic carbocycles. The molecule has 1 fully saturated rings. The Morgan fingerprint density at radius 3 is 2.50 bits per heavy atom. The van der Waals surface area contributed by atoms with E-state index in [4.69, 9.17) is 4.42 Å². The van der Waals surface area contributed by atoms with Crippen molar-refractivity contribution in [3.05, 3.63) is 42.3 Å². The molecule has 1 saturated heterocycles. The molecule has 30 heavy (non-hydrogen) atoms. The lowest BCUT2D eigenvalue weighted by Gasteiger charge is -2.30. The van der Waals surface area contributed by atoms with Crippen LogP contribution in [0.15, 0.2) is 45.8 Å². The zero-order chi connectivity index (χ0) is 21.3. The van der Waals surface area contributed by atoms with Crippen molar-refractivity contribution < 1.29 is 22.0 Å². The molecule has 0 radical (unpaired) electrons. The molecule has 12 heteroatoms. The maximum absolute atomic E-state index is 13.1. The minimum absolute atomic E-state index is 0.0281. The summed E-state index contributed by atoms with van der Waals surface area (Å²) in [5.41, 5.74) is 0.613. The summed E-state index contributed by atoms with van der Waals surface area (Å²) >= 11 is 0. The van der Waals surface area contributed by atoms with Gasteiger partial charge in [0.05, 0.1) is 4.90 Å². The number of sulfonamides is 1. The number of nitrogens with one attached hydrogen (secondary N) is 1. The molecular weight excluding hydrogens is 415 g/mol. The quantitative estimate of drug-likeness (QED) is 0.648. The molecule has 0 atom stereocenters. The predicted molar refractivity (Wildman–Crippen MR) is 103 cm³/mol. The number of piperidine rings is 1. The third-order valence-corrected chi connectivity index (χ3v) is 6.88. The first-order chi connectivity index (χ1) is 14.3. The smallest absolute Gasteiger partial charge is 0.322 e. The van der Waals surface area contributed by atoms with Gasteiger partial charge < -0.3 is 4.42 Å². The number of rotatable bonds is 5. The summed E-state index contributed by atoms with van der Waals surface area (Å²) in [5, 5.41) is 14.3. The minimum atomic E-state index is -3.73. The monoisotopic (exact) mass is 434 g/mol. The average Bonchev–Trinajstić information content (AvgIpc) is 3.37. The van der Waals surface area contributed by atoms with E-state index < -0.39 is 21.8 Å². The summed E-state index contributed by atoms with van der Waals surface area (Å²) in [5.74, 6) is -0.979. The van der Waals surface area contributed by atoms with E-state index in [9.17, 15) is 17.6 Å². The summed E-state index contributed by atoms with van der Waals surface area (Å²) in [6, 6.07) is 6.36. The molecule has 4 rings (SSSR count). The van der Waals surface area contributed by atoms with E-state index in [0.717, 1.165) is 12.1 Å². The number of aryl methyl sites for hydroxylation is 1. The Balaban J connectivity index is 1.36. The Labute approximate surface area is 171 Å². The zero-order valence-corrected chi connectivity index (χ0v) is 16.8. The summed E-state index contributed by atoms with van der Waals surface area (Å²) < 4.78 is 46.7. The van der Waals surface area contributed by atoms with Gasteiger partial charge in [0.25, 0.3) is 5.89 Å². The topological polar surface area (TPSA) is 123 Å². The third kappa shape index (κ3) is 3.96. The molecule has 10 nitrogen and oxygen atoms in total. The maximum Gasteiger partial charge on any atom is 0.322 e. The number of aromatic nitrogens is 4. The Morgan fingerprint density at radius 2 is 1.87 bits per heavy atom. The van der Waals surface area contributed by atoms with E-state index in [-0.39, 0.29) is 35.8 Å². The fourth-order valence-corrected chi connectivity index (χ4v) is 4.75. The molecule has 1 aliphatic heterocycles. The molecule has 0 aliphatic carbocycles. The predicted octanol–water partition coefficient (Wildman–Crippen LogP) is 1.65. The van der Waals surface area contributed by atoms with Gasteiger partial charge in [-0.2, -0.15) is 9.40 Å². The molecule has 158 valence electrons. The minimum Gasteiger partial charge on any atom is -0.401 e. The lowest BCUT2D eigenvalue weighted by Crippen LogP contribution is -2.41.